The van der Waals surface area contributed by atoms with Crippen molar-refractivity contribution in [3.8, 4) is 23.7 Å². The lowest BCUT2D eigenvalue weighted by Crippen LogP contribution is -2.28. The van der Waals surface area contributed by atoms with Gasteiger partial charge in [0.05, 0.1) is 16.5 Å². The van der Waals surface area contributed by atoms with Crippen molar-refractivity contribution in [3.05, 3.63) is 51.0 Å². The summed E-state index contributed by atoms with van der Waals surface area (Å²) in [6, 6.07) is 8.48. The first-order valence-corrected chi connectivity index (χ1v) is 8.31. The maximum Gasteiger partial charge on any atom is 0.294 e. The van der Waals surface area contributed by atoms with Gasteiger partial charge < -0.3 is 4.42 Å². The highest BCUT2D eigenvalue weighted by molar-refractivity contribution is 8.18. The van der Waals surface area contributed by atoms with Crippen LogP contribution in [0.1, 0.15) is 5.76 Å². The average Bonchev–Trinajstić information content (AvgIpc) is 3.08. The number of terminal acetylenes is 1. The van der Waals surface area contributed by atoms with Gasteiger partial charge in [0.2, 0.25) is 0 Å². The molecule has 4 nitrogen and oxygen atoms in total. The van der Waals surface area contributed by atoms with E-state index in [0.717, 1.165) is 16.7 Å². The summed E-state index contributed by atoms with van der Waals surface area (Å²) in [4.78, 5) is 25.1. The standard InChI is InChI=1S/C17H9Cl2NO3S/c1-2-7-20-16(21)15(24-17(20)22)9-11-4-6-14(23-11)12-5-3-10(18)8-13(12)19/h1,3-6,8-9H,7H2. The van der Waals surface area contributed by atoms with Crippen LogP contribution in [0.4, 0.5) is 4.79 Å². The van der Waals surface area contributed by atoms with E-state index in [1.54, 1.807) is 30.3 Å². The SMILES string of the molecule is C#CCN1C(=O)SC(=Cc2ccc(-c3ccc(Cl)cc3Cl)o2)C1=O. The predicted molar refractivity (Wildman–Crippen MR) is 95.7 cm³/mol. The Morgan fingerprint density at radius 3 is 2.75 bits per heavy atom. The maximum atomic E-state index is 12.1. The molecule has 2 heterocycles. The number of carbonyl (C=O) groups excluding carboxylic acids is 2. The average molecular weight is 378 g/mol. The van der Waals surface area contributed by atoms with Crippen molar-refractivity contribution < 1.29 is 14.0 Å². The lowest BCUT2D eigenvalue weighted by Gasteiger charge is -2.06. The van der Waals surface area contributed by atoms with E-state index >= 15 is 0 Å². The number of furan rings is 1. The van der Waals surface area contributed by atoms with Crippen LogP contribution in [0.15, 0.2) is 39.7 Å². The number of rotatable bonds is 3. The molecule has 0 spiro atoms. The molecule has 1 saturated heterocycles. The molecule has 0 bridgehead atoms. The molecule has 1 fully saturated rings. The van der Waals surface area contributed by atoms with Crippen molar-refractivity contribution in [3.63, 3.8) is 0 Å². The molecule has 1 aromatic carbocycles. The molecule has 3 rings (SSSR count). The van der Waals surface area contributed by atoms with Crippen molar-refractivity contribution in [2.75, 3.05) is 6.54 Å². The van der Waals surface area contributed by atoms with E-state index in [1.807, 2.05) is 0 Å². The third-order valence-electron chi connectivity index (χ3n) is 3.22. The first-order valence-electron chi connectivity index (χ1n) is 6.73. The fourth-order valence-corrected chi connectivity index (χ4v) is 3.44. The Kier molecular flexibility index (Phi) is 4.72. The van der Waals surface area contributed by atoms with E-state index in [-0.39, 0.29) is 11.4 Å². The lowest BCUT2D eigenvalue weighted by atomic mass is 10.2. The number of halogens is 2. The normalized spacial score (nSPS) is 16.0. The van der Waals surface area contributed by atoms with Crippen molar-refractivity contribution in [1.82, 2.24) is 4.90 Å². The molecule has 0 N–H and O–H groups in total. The molecule has 2 aromatic rings. The van der Waals surface area contributed by atoms with E-state index in [0.29, 0.717) is 27.1 Å². The highest BCUT2D eigenvalue weighted by atomic mass is 35.5. The number of nitrogens with zero attached hydrogens (tertiary/aromatic N) is 1. The third-order valence-corrected chi connectivity index (χ3v) is 4.67. The molecule has 1 aliphatic rings. The van der Waals surface area contributed by atoms with E-state index in [9.17, 15) is 9.59 Å². The Balaban J connectivity index is 1.88. The van der Waals surface area contributed by atoms with Crippen LogP contribution in [0.3, 0.4) is 0 Å². The van der Waals surface area contributed by atoms with Crippen LogP contribution >= 0.6 is 35.0 Å². The number of benzene rings is 1. The Morgan fingerprint density at radius 1 is 1.25 bits per heavy atom. The second-order valence-corrected chi connectivity index (χ2v) is 6.63. The summed E-state index contributed by atoms with van der Waals surface area (Å²) in [5, 5.41) is 0.590. The van der Waals surface area contributed by atoms with Crippen LogP contribution in [0.5, 0.6) is 0 Å². The summed E-state index contributed by atoms with van der Waals surface area (Å²) in [5.41, 5.74) is 0.682. The molecule has 0 aliphatic carbocycles. The number of hydrogen-bond acceptors (Lipinski definition) is 4. The van der Waals surface area contributed by atoms with Crippen LogP contribution in [0.2, 0.25) is 10.0 Å². The van der Waals surface area contributed by atoms with Crippen molar-refractivity contribution >= 4 is 52.2 Å². The van der Waals surface area contributed by atoms with E-state index in [2.05, 4.69) is 5.92 Å². The van der Waals surface area contributed by atoms with Gasteiger partial charge in [0.15, 0.2) is 0 Å². The van der Waals surface area contributed by atoms with Crippen LogP contribution in [0.25, 0.3) is 17.4 Å². The van der Waals surface area contributed by atoms with Gasteiger partial charge in [0.1, 0.15) is 11.5 Å². The van der Waals surface area contributed by atoms with Gasteiger partial charge in [-0.2, -0.15) is 0 Å². The number of hydrogen-bond donors (Lipinski definition) is 0. The fraction of sp³-hybridized carbons (Fsp3) is 0.0588. The predicted octanol–water partition coefficient (Wildman–Crippen LogP) is 4.92. The Morgan fingerprint density at radius 2 is 2.04 bits per heavy atom. The molecular formula is C17H9Cl2NO3S. The van der Waals surface area contributed by atoms with Gasteiger partial charge in [-0.25, -0.2) is 0 Å². The van der Waals surface area contributed by atoms with E-state index in [1.165, 1.54) is 6.08 Å². The van der Waals surface area contributed by atoms with Gasteiger partial charge in [-0.15, -0.1) is 6.42 Å². The number of imide groups is 1. The molecule has 24 heavy (non-hydrogen) atoms. The molecule has 0 radical (unpaired) electrons. The van der Waals surface area contributed by atoms with Crippen molar-refractivity contribution in [2.24, 2.45) is 0 Å². The summed E-state index contributed by atoms with van der Waals surface area (Å²) >= 11 is 12.9. The van der Waals surface area contributed by atoms with Gasteiger partial charge in [0, 0.05) is 16.7 Å². The second-order valence-electron chi connectivity index (χ2n) is 4.80. The fourth-order valence-electron chi connectivity index (χ4n) is 2.12. The topological polar surface area (TPSA) is 50.5 Å². The Bertz CT molecular complexity index is 911. The maximum absolute atomic E-state index is 12.1. The van der Waals surface area contributed by atoms with Crippen LogP contribution < -0.4 is 0 Å². The number of carbonyl (C=O) groups is 2. The quantitative estimate of drug-likeness (QED) is 0.562. The minimum atomic E-state index is -0.426. The molecule has 2 amide bonds. The molecule has 1 aromatic heterocycles. The zero-order valence-corrected chi connectivity index (χ0v) is 14.4. The van der Waals surface area contributed by atoms with Crippen LogP contribution in [-0.2, 0) is 4.79 Å². The van der Waals surface area contributed by atoms with E-state index < -0.39 is 11.1 Å². The lowest BCUT2D eigenvalue weighted by molar-refractivity contribution is -0.122. The molecule has 120 valence electrons. The first-order chi connectivity index (χ1) is 11.5. The summed E-state index contributed by atoms with van der Waals surface area (Å²) in [7, 11) is 0. The zero-order valence-electron chi connectivity index (χ0n) is 12.1. The minimum absolute atomic E-state index is 0.0498. The Hall–Kier alpha value is -2.13. The van der Waals surface area contributed by atoms with Crippen LogP contribution in [0, 0.1) is 12.3 Å². The van der Waals surface area contributed by atoms with Gasteiger partial charge in [-0.05, 0) is 42.1 Å². The van der Waals surface area contributed by atoms with Gasteiger partial charge >= 0.3 is 0 Å². The van der Waals surface area contributed by atoms with Crippen molar-refractivity contribution in [1.29, 1.82) is 0 Å². The smallest absolute Gasteiger partial charge is 0.294 e. The van der Waals surface area contributed by atoms with Crippen LogP contribution in [-0.4, -0.2) is 22.6 Å². The third kappa shape index (κ3) is 3.22. The molecule has 1 aliphatic heterocycles. The van der Waals surface area contributed by atoms with Gasteiger partial charge in [-0.1, -0.05) is 29.1 Å². The van der Waals surface area contributed by atoms with E-state index in [4.69, 9.17) is 34.0 Å². The molecule has 0 unspecified atom stereocenters. The Labute approximate surface area is 152 Å². The molecule has 7 heteroatoms. The minimum Gasteiger partial charge on any atom is -0.457 e. The molecular weight excluding hydrogens is 369 g/mol. The monoisotopic (exact) mass is 377 g/mol. The van der Waals surface area contributed by atoms with Gasteiger partial charge in [-0.3, -0.25) is 14.5 Å². The van der Waals surface area contributed by atoms with Gasteiger partial charge in [0.25, 0.3) is 11.1 Å². The summed E-state index contributed by atoms with van der Waals surface area (Å²) in [6.07, 6.45) is 6.67. The highest BCUT2D eigenvalue weighted by Gasteiger charge is 2.34. The largest absolute Gasteiger partial charge is 0.457 e. The molecule has 0 saturated carbocycles. The highest BCUT2D eigenvalue weighted by Crippen LogP contribution is 2.35. The second kappa shape index (κ2) is 6.78. The molecule has 0 atom stereocenters. The van der Waals surface area contributed by atoms with Crippen molar-refractivity contribution in [2.45, 2.75) is 0 Å². The summed E-state index contributed by atoms with van der Waals surface area (Å²) in [6.45, 7) is -0.0498. The first kappa shape index (κ1) is 16.7. The summed E-state index contributed by atoms with van der Waals surface area (Å²) in [5.74, 6) is 2.83. The zero-order chi connectivity index (χ0) is 17.3. The summed E-state index contributed by atoms with van der Waals surface area (Å²) < 4.78 is 5.69. The number of thioether (sulfide) groups is 1. The number of amides is 2.